The molecular weight excluding hydrogens is 1300 g/mol. The van der Waals surface area contributed by atoms with Crippen LogP contribution in [0.2, 0.25) is 112 Å². The zero-order chi connectivity index (χ0) is 71.0. The minimum Gasteiger partial charge on any atom is -0.544 e. The van der Waals surface area contributed by atoms with Crippen LogP contribution in [0.3, 0.4) is 0 Å². The number of piperidine rings is 1. The van der Waals surface area contributed by atoms with Gasteiger partial charge in [0.15, 0.2) is 33.2 Å². The van der Waals surface area contributed by atoms with Gasteiger partial charge in [0.2, 0.25) is 14.2 Å². The van der Waals surface area contributed by atoms with Crippen molar-refractivity contribution >= 4 is 61.7 Å². The van der Waals surface area contributed by atoms with Gasteiger partial charge in [-0.1, -0.05) is 155 Å². The molecule has 1 saturated heterocycles. The number of unbranched alkanes of at least 4 members (excludes halogenated alkanes) is 4. The number of rotatable bonds is 23. The molecule has 0 aromatic heterocycles. The smallest absolute Gasteiger partial charge is 0.292 e. The van der Waals surface area contributed by atoms with E-state index in [-0.39, 0.29) is 11.6 Å². The van der Waals surface area contributed by atoms with Gasteiger partial charge in [-0.15, -0.1) is 0 Å². The molecule has 0 spiro atoms. The lowest BCUT2D eigenvalue weighted by Crippen LogP contribution is -2.57. The first kappa shape index (κ1) is 81.2. The Morgan fingerprint density at radius 2 is 0.888 bits per heavy atom. The molecule has 98 heavy (non-hydrogen) atoms. The SMILES string of the molecule is CC(C)(C)O[Si](C)(C)C1CC2CCC1C2.CCC(C)O[Si](C)(C)C1CC2CCC1C2.CCCCCCC(=O)O[Si](C)(C)C1CC2CCC1C2.CCCCO[Si](C)(C)C1CC2CCC1C2.C[Si](C)(C1CC2CCC1C2)N1CCCCC1=O.C[Si](C)(Oc1ccccc1)C1CC2CCC1C2. The summed E-state index contributed by atoms with van der Waals surface area (Å²) in [6, 6.07) is 10.4. The first-order chi connectivity index (χ1) is 46.2. The van der Waals surface area contributed by atoms with Crippen molar-refractivity contribution in [3.8, 4) is 5.75 Å². The highest BCUT2D eigenvalue weighted by molar-refractivity contribution is 6.78. The van der Waals surface area contributed by atoms with Crippen LogP contribution in [0.5, 0.6) is 5.75 Å². The second-order valence-corrected chi connectivity index (χ2v) is 65.3. The third-order valence-corrected chi connectivity index (χ3v) is 50.6. The molecule has 1 heterocycles. The Hall–Kier alpha value is -0.859. The van der Waals surface area contributed by atoms with Gasteiger partial charge in [-0.2, -0.15) is 0 Å². The van der Waals surface area contributed by atoms with Crippen molar-refractivity contribution in [1.29, 1.82) is 0 Å². The molecule has 0 N–H and O–H groups in total. The average molecular weight is 1460 g/mol. The molecule has 1 aromatic carbocycles. The number of hydrogen-bond acceptors (Lipinski definition) is 7. The molecule has 8 nitrogen and oxygen atoms in total. The maximum Gasteiger partial charge on any atom is 0.292 e. The number of nitrogens with zero attached hydrogens (tertiary/aromatic N) is 1. The van der Waals surface area contributed by atoms with Gasteiger partial charge in [0.05, 0.1) is 0 Å². The highest BCUT2D eigenvalue weighted by Gasteiger charge is 2.55. The van der Waals surface area contributed by atoms with Crippen LogP contribution in [0.25, 0.3) is 0 Å². The van der Waals surface area contributed by atoms with Crippen molar-refractivity contribution in [2.45, 2.75) is 397 Å². The van der Waals surface area contributed by atoms with E-state index in [1.807, 2.05) is 0 Å². The van der Waals surface area contributed by atoms with E-state index in [1.165, 1.54) is 193 Å². The van der Waals surface area contributed by atoms with Crippen molar-refractivity contribution in [2.75, 3.05) is 13.2 Å². The van der Waals surface area contributed by atoms with Crippen LogP contribution in [-0.4, -0.2) is 91.1 Å². The lowest BCUT2D eigenvalue weighted by atomic mass is 10.0. The predicted octanol–water partition coefficient (Wildman–Crippen LogP) is 25.3. The van der Waals surface area contributed by atoms with Gasteiger partial charge in [-0.25, -0.2) is 0 Å². The minimum atomic E-state index is -1.80. The molecule has 12 saturated carbocycles. The summed E-state index contributed by atoms with van der Waals surface area (Å²) in [4.78, 5) is 24.2. The molecule has 0 radical (unpaired) electrons. The number of carbonyl (C=O) groups is 2. The van der Waals surface area contributed by atoms with Crippen LogP contribution in [0, 0.1) is 71.0 Å². The fourth-order valence-corrected chi connectivity index (χ4v) is 46.0. The first-order valence-corrected chi connectivity index (χ1v) is 60.4. The van der Waals surface area contributed by atoms with E-state index in [0.717, 1.165) is 149 Å². The maximum atomic E-state index is 12.2. The fourth-order valence-electron chi connectivity index (χ4n) is 24.3. The maximum absolute atomic E-state index is 12.2. The summed E-state index contributed by atoms with van der Waals surface area (Å²) in [6.45, 7) is 46.5. The Labute approximate surface area is 610 Å². The fraction of sp³-hybridized carbons (Fsp3) is 0.905. The van der Waals surface area contributed by atoms with Crippen LogP contribution in [0.4, 0.5) is 0 Å². The van der Waals surface area contributed by atoms with Gasteiger partial charge in [0, 0.05) is 37.7 Å². The standard InChI is InChI=1S/C16H30O2Si.C15H22OSi.C14H25NOSi.3C13H26OSi/c1-4-5-6-7-8-16(17)18-19(2,3)15-12-13-9-10-14(15)11-13;1-17(2,16-14-6-4-3-5-7-14)15-11-12-8-9-13(15)10-12;1-17(2,15-8-4-3-5-14(15)16)13-10-11-6-7-12(13)9-11;1-13(2,3)14-15(4,5)12-9-10-6-7-11(12)8-10;1-5-10(2)14-15(3,4)13-9-11-6-7-12(13)8-11;1-4-5-8-14-15(2,3)13-10-11-6-7-12(13)9-11/h13-15H,4-12H2,1-3H3;3-7,12-13,15H,8-11H2,1-2H3;11-13H,3-10H2,1-2H3;10-12H,6-9H2,1-5H3;10-13H,5-9H2,1-4H3;11-13H,4-10H2,1-3H3. The summed E-state index contributed by atoms with van der Waals surface area (Å²) < 4.78 is 33.7. The van der Waals surface area contributed by atoms with Crippen molar-refractivity contribution < 1.29 is 31.7 Å². The van der Waals surface area contributed by atoms with Crippen molar-refractivity contribution in [3.05, 3.63) is 30.3 Å². The minimum absolute atomic E-state index is 0.0531. The Balaban J connectivity index is 0.000000138. The third kappa shape index (κ3) is 21.7. The Morgan fingerprint density at radius 1 is 0.480 bits per heavy atom. The monoisotopic (exact) mass is 1460 g/mol. The van der Waals surface area contributed by atoms with E-state index in [2.05, 4.69) is 162 Å². The molecule has 562 valence electrons. The van der Waals surface area contributed by atoms with E-state index in [9.17, 15) is 9.59 Å². The molecule has 19 unspecified atom stereocenters. The number of hydrogen-bond donors (Lipinski definition) is 0. The quantitative estimate of drug-likeness (QED) is 0.0797. The van der Waals surface area contributed by atoms with E-state index in [1.54, 1.807) is 0 Å². The second-order valence-electron chi connectivity index (χ2n) is 39.8. The van der Waals surface area contributed by atoms with Crippen LogP contribution in [0.1, 0.15) is 273 Å². The van der Waals surface area contributed by atoms with Gasteiger partial charge in [-0.3, -0.25) is 9.59 Å². The van der Waals surface area contributed by atoms with Crippen LogP contribution < -0.4 is 4.43 Å². The zero-order valence-corrected chi connectivity index (χ0v) is 73.3. The molecule has 19 atom stereocenters. The molecule has 14 heteroatoms. The van der Waals surface area contributed by atoms with E-state index in [0.29, 0.717) is 18.4 Å². The number of carbonyl (C=O) groups excluding carboxylic acids is 2. The highest BCUT2D eigenvalue weighted by Crippen LogP contribution is 2.61. The third-order valence-electron chi connectivity index (χ3n) is 29.2. The normalized spacial score (nSPS) is 34.4. The van der Waals surface area contributed by atoms with E-state index in [4.69, 9.17) is 22.1 Å². The van der Waals surface area contributed by atoms with Crippen molar-refractivity contribution in [3.63, 3.8) is 0 Å². The van der Waals surface area contributed by atoms with Gasteiger partial charge < -0.3 is 26.7 Å². The largest absolute Gasteiger partial charge is 0.544 e. The average Bonchev–Trinajstić information content (AvgIpc) is 1.60. The molecule has 1 aromatic rings. The number of amides is 1. The second kappa shape index (κ2) is 35.2. The summed E-state index contributed by atoms with van der Waals surface area (Å²) in [5.74, 6) is 13.7. The molecule has 14 rings (SSSR count). The van der Waals surface area contributed by atoms with Crippen LogP contribution in [0.15, 0.2) is 30.3 Å². The zero-order valence-electron chi connectivity index (χ0n) is 67.3. The molecule has 1 aliphatic heterocycles. The molecule has 13 fully saturated rings. The summed E-state index contributed by atoms with van der Waals surface area (Å²) >= 11 is 0. The van der Waals surface area contributed by atoms with Gasteiger partial charge >= 0.3 is 0 Å². The molecule has 12 bridgehead atoms. The van der Waals surface area contributed by atoms with Gasteiger partial charge in [-0.05, 0) is 319 Å². The topological polar surface area (TPSA) is 83.5 Å². The summed E-state index contributed by atoms with van der Waals surface area (Å²) in [6.07, 6.45) is 47.9. The van der Waals surface area contributed by atoms with Gasteiger partial charge in [0.1, 0.15) is 5.75 Å². The summed E-state index contributed by atoms with van der Waals surface area (Å²) in [7, 11) is -9.10. The van der Waals surface area contributed by atoms with E-state index >= 15 is 0 Å². The van der Waals surface area contributed by atoms with Gasteiger partial charge in [0.25, 0.3) is 14.3 Å². The van der Waals surface area contributed by atoms with E-state index < -0.39 is 49.8 Å². The summed E-state index contributed by atoms with van der Waals surface area (Å²) in [5.41, 5.74) is 5.47. The van der Waals surface area contributed by atoms with Crippen LogP contribution in [-0.2, 0) is 27.3 Å². The molecular formula is C84H155NO7Si6. The highest BCUT2D eigenvalue weighted by atomic mass is 28.4. The number of para-hydroxylation sites is 1. The first-order valence-electron chi connectivity index (χ1n) is 42.5. The number of fused-ring (bicyclic) bond motifs is 12. The Bertz CT molecular complexity index is 2610. The lowest BCUT2D eigenvalue weighted by molar-refractivity contribution is -0.135. The molecule has 1 amide bonds. The van der Waals surface area contributed by atoms with Crippen LogP contribution >= 0.6 is 0 Å². The summed E-state index contributed by atoms with van der Waals surface area (Å²) in [5, 5.41) is 0. The predicted molar refractivity (Wildman–Crippen MR) is 430 cm³/mol. The Kier molecular flexibility index (Phi) is 29.2. The Morgan fingerprint density at radius 3 is 1.28 bits per heavy atom. The molecule has 13 aliphatic rings. The number of benzene rings is 1. The van der Waals surface area contributed by atoms with Crippen molar-refractivity contribution in [1.82, 2.24) is 4.57 Å². The lowest BCUT2D eigenvalue weighted by Gasteiger charge is -2.46. The van der Waals surface area contributed by atoms with Crippen molar-refractivity contribution in [2.24, 2.45) is 71.0 Å². The molecule has 12 aliphatic carbocycles.